The van der Waals surface area contributed by atoms with Crippen LogP contribution in [0.4, 0.5) is 27.6 Å². The van der Waals surface area contributed by atoms with Crippen LogP contribution in [0.25, 0.3) is 0 Å². The van der Waals surface area contributed by atoms with E-state index in [1.54, 1.807) is 14.0 Å². The predicted octanol–water partition coefficient (Wildman–Crippen LogP) is 1.12. The minimum atomic E-state index is -2.62. The third-order valence-electron chi connectivity index (χ3n) is 6.16. The molecule has 1 aliphatic heterocycles. The minimum Gasteiger partial charge on any atom is -0.399 e. The topological polar surface area (TPSA) is 143 Å². The lowest BCUT2D eigenvalue weighted by Gasteiger charge is -2.47. The van der Waals surface area contributed by atoms with Gasteiger partial charge in [-0.3, -0.25) is 20.2 Å². The number of amides is 2. The molecule has 2 fully saturated rings. The van der Waals surface area contributed by atoms with E-state index >= 15 is 0 Å². The van der Waals surface area contributed by atoms with E-state index in [0.717, 1.165) is 6.07 Å². The molecular weight excluding hydrogens is 479 g/mol. The van der Waals surface area contributed by atoms with Crippen LogP contribution in [0, 0.1) is 23.4 Å². The molecule has 0 bridgehead atoms. The average Bonchev–Trinajstić information content (AvgIpc) is 3.18. The molecule has 35 heavy (non-hydrogen) atoms. The van der Waals surface area contributed by atoms with Crippen molar-refractivity contribution in [1.82, 2.24) is 15.6 Å². The van der Waals surface area contributed by atoms with Crippen molar-refractivity contribution in [3.05, 3.63) is 41.5 Å². The van der Waals surface area contributed by atoms with Crippen LogP contribution in [0.1, 0.15) is 26.2 Å². The molecule has 3 rings (SSSR count). The van der Waals surface area contributed by atoms with Crippen LogP contribution in [0.15, 0.2) is 24.0 Å². The maximum Gasteiger partial charge on any atom is 0.286 e. The van der Waals surface area contributed by atoms with E-state index in [9.17, 15) is 36.3 Å². The number of rotatable bonds is 6. The number of anilines is 1. The highest BCUT2D eigenvalue weighted by atomic mass is 19.3. The predicted molar refractivity (Wildman–Crippen MR) is 116 cm³/mol. The van der Waals surface area contributed by atoms with E-state index in [-0.39, 0.29) is 32.1 Å². The summed E-state index contributed by atoms with van der Waals surface area (Å²) in [6.45, 7) is 1.80. The summed E-state index contributed by atoms with van der Waals surface area (Å²) in [4.78, 5) is 35.2. The Morgan fingerprint density at radius 1 is 1.17 bits per heavy atom. The molecule has 0 aromatic heterocycles. The second-order valence-electron chi connectivity index (χ2n) is 8.31. The fraction of sp³-hybridized carbons (Fsp3) is 0.476. The Balaban J connectivity index is 0.000000283. The SMILES string of the molecule is CC1C(C(=O)Nc2ccc(F)c(F)c2F)CCN1C(=O)C=O.CNC1(/C(N)=C/NN)CC(F)(F)C1. The monoisotopic (exact) mass is 506 g/mol. The van der Waals surface area contributed by atoms with Gasteiger partial charge in [0.15, 0.2) is 17.5 Å². The number of carbonyl (C=O) groups excluding carboxylic acids is 3. The number of hydrazine groups is 1. The maximum atomic E-state index is 13.5. The first-order valence-corrected chi connectivity index (χ1v) is 10.5. The van der Waals surface area contributed by atoms with E-state index in [4.69, 9.17) is 11.6 Å². The maximum absolute atomic E-state index is 13.5. The number of hydrogen-bond acceptors (Lipinski definition) is 7. The fourth-order valence-corrected chi connectivity index (χ4v) is 4.10. The molecule has 0 spiro atoms. The molecule has 2 atom stereocenters. The van der Waals surface area contributed by atoms with Crippen molar-refractivity contribution in [3.8, 4) is 0 Å². The molecule has 194 valence electrons. The molecule has 2 amide bonds. The first kappa shape index (κ1) is 28.0. The summed E-state index contributed by atoms with van der Waals surface area (Å²) in [6.07, 6.45) is 1.22. The Morgan fingerprint density at radius 3 is 2.31 bits per heavy atom. The number of nitrogens with two attached hydrogens (primary N) is 2. The van der Waals surface area contributed by atoms with Gasteiger partial charge < -0.3 is 26.7 Å². The summed E-state index contributed by atoms with van der Waals surface area (Å²) >= 11 is 0. The van der Waals surface area contributed by atoms with Gasteiger partial charge in [-0.25, -0.2) is 22.0 Å². The molecule has 7 N–H and O–H groups in total. The third-order valence-corrected chi connectivity index (χ3v) is 6.16. The third kappa shape index (κ3) is 6.06. The van der Waals surface area contributed by atoms with Gasteiger partial charge in [-0.2, -0.15) is 0 Å². The molecule has 2 unspecified atom stereocenters. The van der Waals surface area contributed by atoms with Gasteiger partial charge in [0.1, 0.15) is 0 Å². The van der Waals surface area contributed by atoms with E-state index < -0.39 is 58.4 Å². The number of alkyl halides is 2. The Morgan fingerprint density at radius 2 is 1.80 bits per heavy atom. The van der Waals surface area contributed by atoms with Gasteiger partial charge in [0.05, 0.1) is 17.1 Å². The molecule has 9 nitrogen and oxygen atoms in total. The zero-order valence-corrected chi connectivity index (χ0v) is 19.0. The van der Waals surface area contributed by atoms with Crippen molar-refractivity contribution in [2.75, 3.05) is 18.9 Å². The quantitative estimate of drug-likeness (QED) is 0.0972. The van der Waals surface area contributed by atoms with Crippen molar-refractivity contribution in [3.63, 3.8) is 0 Å². The molecule has 1 aliphatic carbocycles. The normalized spacial score (nSPS) is 22.4. The zero-order valence-electron chi connectivity index (χ0n) is 19.0. The van der Waals surface area contributed by atoms with Crippen molar-refractivity contribution in [1.29, 1.82) is 0 Å². The highest BCUT2D eigenvalue weighted by Gasteiger charge is 2.57. The Hall–Kier alpha value is -3.26. The summed E-state index contributed by atoms with van der Waals surface area (Å²) in [5.74, 6) is -4.15. The first-order valence-electron chi connectivity index (χ1n) is 10.5. The summed E-state index contributed by atoms with van der Waals surface area (Å²) in [7, 11) is 1.60. The largest absolute Gasteiger partial charge is 0.399 e. The Bertz CT molecular complexity index is 998. The van der Waals surface area contributed by atoms with Crippen LogP contribution in [-0.2, 0) is 14.4 Å². The van der Waals surface area contributed by atoms with E-state index in [0.29, 0.717) is 11.8 Å². The lowest BCUT2D eigenvalue weighted by molar-refractivity contribution is -0.139. The second-order valence-corrected chi connectivity index (χ2v) is 8.31. The number of benzene rings is 1. The molecule has 2 aliphatic rings. The minimum absolute atomic E-state index is 0.159. The van der Waals surface area contributed by atoms with Gasteiger partial charge in [0.2, 0.25) is 12.2 Å². The number of likely N-dealkylation sites (tertiary alicyclic amines) is 1. The number of aldehydes is 1. The van der Waals surface area contributed by atoms with Gasteiger partial charge in [-0.05, 0) is 32.5 Å². The van der Waals surface area contributed by atoms with E-state index in [1.807, 2.05) is 0 Å². The summed E-state index contributed by atoms with van der Waals surface area (Å²) in [6, 6.07) is 1.07. The number of carbonyl (C=O) groups is 3. The van der Waals surface area contributed by atoms with E-state index in [1.165, 1.54) is 11.1 Å². The standard InChI is InChI=1S/C14H13F3N2O3.C7H14F2N4/c1-7-8(4-5-19(7)11(21)6-20)14(22)18-10-3-2-9(15)12(16)13(10)17;1-12-6(5(10)2-13-11)3-7(8,9)4-6/h2-3,6-8H,4-5H2,1H3,(H,18,22);2,12-13H,3-4,10-11H2,1H3/b;5-2-. The average molecular weight is 506 g/mol. The van der Waals surface area contributed by atoms with Crippen LogP contribution in [-0.4, -0.2) is 54.1 Å². The van der Waals surface area contributed by atoms with Gasteiger partial charge in [0.25, 0.3) is 11.8 Å². The smallest absolute Gasteiger partial charge is 0.286 e. The van der Waals surface area contributed by atoms with Crippen molar-refractivity contribution in [2.24, 2.45) is 17.5 Å². The van der Waals surface area contributed by atoms with Crippen molar-refractivity contribution >= 4 is 23.8 Å². The number of likely N-dealkylation sites (N-methyl/N-ethyl adjacent to an activating group) is 1. The Kier molecular flexibility index (Phi) is 8.79. The van der Waals surface area contributed by atoms with Crippen LogP contribution in [0.2, 0.25) is 0 Å². The van der Waals surface area contributed by atoms with Crippen LogP contribution < -0.4 is 27.6 Å². The molecular formula is C21H27F5N6O3. The molecule has 1 saturated carbocycles. The highest BCUT2D eigenvalue weighted by molar-refractivity contribution is 6.23. The first-order chi connectivity index (χ1) is 16.3. The number of nitrogens with one attached hydrogen (secondary N) is 3. The van der Waals surface area contributed by atoms with Gasteiger partial charge >= 0.3 is 0 Å². The zero-order chi connectivity index (χ0) is 26.6. The molecule has 1 heterocycles. The van der Waals surface area contributed by atoms with E-state index in [2.05, 4.69) is 16.1 Å². The molecule has 1 aromatic carbocycles. The second kappa shape index (κ2) is 11.0. The van der Waals surface area contributed by atoms with Crippen LogP contribution >= 0.6 is 0 Å². The summed E-state index contributed by atoms with van der Waals surface area (Å²) in [5, 5.41) is 4.97. The van der Waals surface area contributed by atoms with Crippen LogP contribution in [0.5, 0.6) is 0 Å². The summed E-state index contributed by atoms with van der Waals surface area (Å²) < 4.78 is 64.8. The van der Waals surface area contributed by atoms with Crippen molar-refractivity contribution < 1.29 is 36.3 Å². The van der Waals surface area contributed by atoms with Gasteiger partial charge in [-0.1, -0.05) is 0 Å². The number of nitrogens with zero attached hydrogens (tertiary/aromatic N) is 1. The molecule has 1 aromatic rings. The summed E-state index contributed by atoms with van der Waals surface area (Å²) in [5.41, 5.74) is 6.85. The number of hydrogen-bond donors (Lipinski definition) is 5. The van der Waals surface area contributed by atoms with Crippen molar-refractivity contribution in [2.45, 2.75) is 43.7 Å². The van der Waals surface area contributed by atoms with Crippen LogP contribution in [0.3, 0.4) is 0 Å². The fourth-order valence-electron chi connectivity index (χ4n) is 4.10. The number of halogens is 5. The lowest BCUT2D eigenvalue weighted by atomic mass is 9.71. The molecule has 14 heteroatoms. The van der Waals surface area contributed by atoms with Gasteiger partial charge in [0, 0.05) is 37.3 Å². The molecule has 1 saturated heterocycles. The lowest BCUT2D eigenvalue weighted by Crippen LogP contribution is -2.62. The highest BCUT2D eigenvalue weighted by Crippen LogP contribution is 2.47. The Labute approximate surface area is 198 Å². The molecule has 0 radical (unpaired) electrons. The van der Waals surface area contributed by atoms with Gasteiger partial charge in [-0.15, -0.1) is 0 Å².